The van der Waals surface area contributed by atoms with Crippen LogP contribution >= 0.6 is 11.6 Å². The van der Waals surface area contributed by atoms with Crippen LogP contribution < -0.4 is 4.74 Å². The molecule has 0 heterocycles. The van der Waals surface area contributed by atoms with Gasteiger partial charge in [-0.05, 0) is 30.9 Å². The molecular formula is C15H16ClFO. The summed E-state index contributed by atoms with van der Waals surface area (Å²) < 4.78 is 19.2. The number of benzene rings is 1. The van der Waals surface area contributed by atoms with Gasteiger partial charge in [0.15, 0.2) is 0 Å². The van der Waals surface area contributed by atoms with Gasteiger partial charge in [-0.15, -0.1) is 11.6 Å². The Morgan fingerprint density at radius 2 is 2.22 bits per heavy atom. The lowest BCUT2D eigenvalue weighted by atomic mass is 9.86. The number of hydrogen-bond donors (Lipinski definition) is 0. The van der Waals surface area contributed by atoms with Crippen LogP contribution in [0.4, 0.5) is 4.39 Å². The molecule has 0 aromatic heterocycles. The summed E-state index contributed by atoms with van der Waals surface area (Å²) in [6, 6.07) is 4.84. The van der Waals surface area contributed by atoms with Gasteiger partial charge >= 0.3 is 0 Å². The molecule has 0 bridgehead atoms. The Morgan fingerprint density at radius 3 is 2.83 bits per heavy atom. The lowest BCUT2D eigenvalue weighted by Crippen LogP contribution is -2.19. The van der Waals surface area contributed by atoms with Crippen molar-refractivity contribution in [3.63, 3.8) is 0 Å². The molecule has 0 saturated heterocycles. The Balaban J connectivity index is 1.93. The zero-order valence-corrected chi connectivity index (χ0v) is 11.0. The zero-order valence-electron chi connectivity index (χ0n) is 10.2. The van der Waals surface area contributed by atoms with Gasteiger partial charge in [-0.3, -0.25) is 0 Å². The minimum absolute atomic E-state index is 0.330. The fraction of sp³-hybridized carbons (Fsp3) is 0.467. The van der Waals surface area contributed by atoms with Crippen molar-refractivity contribution < 1.29 is 9.13 Å². The predicted octanol–water partition coefficient (Wildman–Crippen LogP) is 3.99. The fourth-order valence-electron chi connectivity index (χ4n) is 1.77. The van der Waals surface area contributed by atoms with Crippen molar-refractivity contribution in [1.29, 1.82) is 0 Å². The summed E-state index contributed by atoms with van der Waals surface area (Å²) in [5.41, 5.74) is 0.399. The Morgan fingerprint density at radius 1 is 1.39 bits per heavy atom. The zero-order chi connectivity index (χ0) is 12.8. The van der Waals surface area contributed by atoms with Crippen LogP contribution in [0.1, 0.15) is 31.2 Å². The van der Waals surface area contributed by atoms with Crippen LogP contribution in [0.2, 0.25) is 0 Å². The van der Waals surface area contributed by atoms with E-state index < -0.39 is 0 Å². The number of ether oxygens (including phenoxy) is 1. The van der Waals surface area contributed by atoms with E-state index in [1.165, 1.54) is 25.3 Å². The van der Waals surface area contributed by atoms with Gasteiger partial charge in [0.2, 0.25) is 0 Å². The SMILES string of the molecule is Fc1cc(OCC2CCC2)ccc1C#CCCCl. The number of hydrogen-bond acceptors (Lipinski definition) is 1. The average Bonchev–Trinajstić information content (AvgIpc) is 2.30. The third-order valence-corrected chi connectivity index (χ3v) is 3.28. The van der Waals surface area contributed by atoms with Crippen molar-refractivity contribution in [2.24, 2.45) is 5.92 Å². The fourth-order valence-corrected chi connectivity index (χ4v) is 1.86. The second kappa shape index (κ2) is 6.66. The highest BCUT2D eigenvalue weighted by atomic mass is 35.5. The van der Waals surface area contributed by atoms with Gasteiger partial charge in [0.1, 0.15) is 11.6 Å². The minimum atomic E-state index is -0.330. The maximum absolute atomic E-state index is 13.7. The summed E-state index contributed by atoms with van der Waals surface area (Å²) in [5.74, 6) is 6.95. The van der Waals surface area contributed by atoms with E-state index in [9.17, 15) is 4.39 Å². The molecule has 0 spiro atoms. The van der Waals surface area contributed by atoms with Crippen molar-refractivity contribution in [2.45, 2.75) is 25.7 Å². The molecule has 1 saturated carbocycles. The molecule has 1 nitrogen and oxygen atoms in total. The van der Waals surface area contributed by atoms with Crippen LogP contribution in [0.25, 0.3) is 0 Å². The first-order valence-electron chi connectivity index (χ1n) is 6.27. The quantitative estimate of drug-likeness (QED) is 0.592. The summed E-state index contributed by atoms with van der Waals surface area (Å²) in [6.07, 6.45) is 4.31. The van der Waals surface area contributed by atoms with Gasteiger partial charge in [-0.2, -0.15) is 0 Å². The summed E-state index contributed by atoms with van der Waals surface area (Å²) >= 11 is 5.51. The second-order valence-electron chi connectivity index (χ2n) is 4.49. The molecule has 2 rings (SSSR count). The molecule has 18 heavy (non-hydrogen) atoms. The van der Waals surface area contributed by atoms with Gasteiger partial charge in [-0.25, -0.2) is 4.39 Å². The topological polar surface area (TPSA) is 9.23 Å². The molecule has 0 radical (unpaired) electrons. The Hall–Kier alpha value is -1.20. The minimum Gasteiger partial charge on any atom is -0.493 e. The van der Waals surface area contributed by atoms with E-state index in [1.807, 2.05) is 0 Å². The molecule has 3 heteroatoms. The molecule has 0 amide bonds. The highest BCUT2D eigenvalue weighted by molar-refractivity contribution is 6.18. The third-order valence-electron chi connectivity index (χ3n) is 3.09. The van der Waals surface area contributed by atoms with Crippen molar-refractivity contribution in [2.75, 3.05) is 12.5 Å². The molecule has 0 N–H and O–H groups in total. The van der Waals surface area contributed by atoms with Gasteiger partial charge in [0.25, 0.3) is 0 Å². The molecule has 0 unspecified atom stereocenters. The smallest absolute Gasteiger partial charge is 0.142 e. The molecule has 0 aliphatic heterocycles. The van der Waals surface area contributed by atoms with Gasteiger partial charge in [0, 0.05) is 18.4 Å². The number of rotatable bonds is 4. The number of halogens is 2. The van der Waals surface area contributed by atoms with Crippen molar-refractivity contribution in [3.05, 3.63) is 29.6 Å². The highest BCUT2D eigenvalue weighted by Crippen LogP contribution is 2.27. The van der Waals surface area contributed by atoms with Crippen molar-refractivity contribution in [3.8, 4) is 17.6 Å². The molecule has 1 aromatic rings. The van der Waals surface area contributed by atoms with Gasteiger partial charge < -0.3 is 4.74 Å². The molecule has 0 atom stereocenters. The van der Waals surface area contributed by atoms with E-state index in [2.05, 4.69) is 11.8 Å². The molecule has 1 aromatic carbocycles. The van der Waals surface area contributed by atoms with Crippen LogP contribution in [0.3, 0.4) is 0 Å². The summed E-state index contributed by atoms with van der Waals surface area (Å²) in [6.45, 7) is 0.691. The summed E-state index contributed by atoms with van der Waals surface area (Å²) in [7, 11) is 0. The van der Waals surface area contributed by atoms with Gasteiger partial charge in [-0.1, -0.05) is 18.3 Å². The first-order valence-corrected chi connectivity index (χ1v) is 6.80. The molecular weight excluding hydrogens is 251 g/mol. The third kappa shape index (κ3) is 3.65. The van der Waals surface area contributed by atoms with E-state index in [1.54, 1.807) is 12.1 Å². The van der Waals surface area contributed by atoms with E-state index in [4.69, 9.17) is 16.3 Å². The normalized spacial score (nSPS) is 14.6. The lowest BCUT2D eigenvalue weighted by molar-refractivity contribution is 0.180. The molecule has 96 valence electrons. The molecule has 1 fully saturated rings. The van der Waals surface area contributed by atoms with E-state index in [0.29, 0.717) is 36.1 Å². The van der Waals surface area contributed by atoms with Crippen molar-refractivity contribution in [1.82, 2.24) is 0 Å². The average molecular weight is 267 g/mol. The second-order valence-corrected chi connectivity index (χ2v) is 4.87. The summed E-state index contributed by atoms with van der Waals surface area (Å²) in [4.78, 5) is 0. The van der Waals surface area contributed by atoms with E-state index >= 15 is 0 Å². The first-order chi connectivity index (χ1) is 8.79. The standard InChI is InChI=1S/C15H16ClFO/c16-9-2-1-6-13-7-8-14(10-15(13)17)18-11-12-4-3-5-12/h7-8,10,12H,2-5,9,11H2. The van der Waals surface area contributed by atoms with Crippen molar-refractivity contribution >= 4 is 11.6 Å². The van der Waals surface area contributed by atoms with Crippen LogP contribution in [0.5, 0.6) is 5.75 Å². The molecule has 1 aliphatic rings. The Kier molecular flexibility index (Phi) is 4.90. The van der Waals surface area contributed by atoms with Crippen LogP contribution in [-0.2, 0) is 0 Å². The largest absolute Gasteiger partial charge is 0.493 e. The summed E-state index contributed by atoms with van der Waals surface area (Å²) in [5, 5.41) is 0. The van der Waals surface area contributed by atoms with Crippen LogP contribution in [0, 0.1) is 23.6 Å². The number of alkyl halides is 1. The highest BCUT2D eigenvalue weighted by Gasteiger charge is 2.17. The monoisotopic (exact) mass is 266 g/mol. The first kappa shape index (κ1) is 13.2. The predicted molar refractivity (Wildman–Crippen MR) is 71.5 cm³/mol. The van der Waals surface area contributed by atoms with Crippen LogP contribution in [0.15, 0.2) is 18.2 Å². The Labute approximate surface area is 112 Å². The molecule has 1 aliphatic carbocycles. The van der Waals surface area contributed by atoms with Gasteiger partial charge in [0.05, 0.1) is 12.2 Å². The van der Waals surface area contributed by atoms with Crippen LogP contribution in [-0.4, -0.2) is 12.5 Å². The Bertz CT molecular complexity index is 457. The van der Waals surface area contributed by atoms with E-state index in [-0.39, 0.29) is 5.82 Å². The van der Waals surface area contributed by atoms with E-state index in [0.717, 1.165) is 0 Å². The maximum atomic E-state index is 13.7. The maximum Gasteiger partial charge on any atom is 0.142 e. The lowest BCUT2D eigenvalue weighted by Gasteiger charge is -2.25.